The average molecular weight is 542 g/mol. The highest BCUT2D eigenvalue weighted by atomic mass is 32.2. The van der Waals surface area contributed by atoms with Crippen LogP contribution in [0.2, 0.25) is 0 Å². The van der Waals surface area contributed by atoms with Crippen LogP contribution >= 0.6 is 11.8 Å². The quantitative estimate of drug-likeness (QED) is 0.169. The monoisotopic (exact) mass is 541 g/mol. The Labute approximate surface area is 222 Å². The van der Waals surface area contributed by atoms with Crippen molar-refractivity contribution in [1.82, 2.24) is 5.32 Å². The summed E-state index contributed by atoms with van der Waals surface area (Å²) in [5, 5.41) is 7.74. The lowest BCUT2D eigenvalue weighted by Gasteiger charge is -2.24. The van der Waals surface area contributed by atoms with E-state index in [9.17, 15) is 9.59 Å². The van der Waals surface area contributed by atoms with Gasteiger partial charge in [0, 0.05) is 18.4 Å². The molecular weight excluding hydrogens is 502 g/mol. The summed E-state index contributed by atoms with van der Waals surface area (Å²) in [4.78, 5) is 35.1. The molecule has 0 bridgehead atoms. The van der Waals surface area contributed by atoms with Gasteiger partial charge in [0.2, 0.25) is 5.91 Å². The number of nitrogens with zero attached hydrogens (tertiary/aromatic N) is 2. The zero-order valence-corrected chi connectivity index (χ0v) is 23.2. The van der Waals surface area contributed by atoms with Crippen LogP contribution in [0.3, 0.4) is 0 Å². The van der Waals surface area contributed by atoms with Crippen LogP contribution in [-0.4, -0.2) is 81.3 Å². The van der Waals surface area contributed by atoms with E-state index in [0.717, 1.165) is 6.42 Å². The molecule has 2 atom stereocenters. The van der Waals surface area contributed by atoms with Crippen LogP contribution in [0.1, 0.15) is 52.3 Å². The summed E-state index contributed by atoms with van der Waals surface area (Å²) in [6.07, 6.45) is 1.37. The first-order valence-corrected chi connectivity index (χ1v) is 13.4. The summed E-state index contributed by atoms with van der Waals surface area (Å²) in [6.45, 7) is 10.9. The number of nitrogens with one attached hydrogen (secondary N) is 1. The van der Waals surface area contributed by atoms with Gasteiger partial charge < -0.3 is 33.5 Å². The van der Waals surface area contributed by atoms with Gasteiger partial charge in [-0.25, -0.2) is 4.79 Å². The van der Waals surface area contributed by atoms with E-state index in [1.807, 2.05) is 13.8 Å². The van der Waals surface area contributed by atoms with Crippen LogP contribution in [0.15, 0.2) is 31.5 Å². The molecule has 208 valence electrons. The fraction of sp³-hybridized carbons (Fsp3) is 0.680. The van der Waals surface area contributed by atoms with Gasteiger partial charge in [0.25, 0.3) is 0 Å². The Balaban J connectivity index is 1.85. The molecule has 12 heteroatoms. The molecule has 0 saturated heterocycles. The molecule has 1 aromatic rings. The maximum Gasteiger partial charge on any atom is 0.339 e. The van der Waals surface area contributed by atoms with E-state index in [4.69, 9.17) is 28.2 Å². The Morgan fingerprint density at radius 3 is 2.49 bits per heavy atom. The van der Waals surface area contributed by atoms with E-state index in [0.29, 0.717) is 74.1 Å². The molecule has 1 aliphatic rings. The standard InChI is InChI=1S/C25H39N3O8S/c1-6-8-20(21-15-19(31-5)16-22(29)36-21)26-24(30)25(4)17-37-23(27-25)18(3)28-35-14-13-34-12-11-33-10-9-32-7-2/h15-16,20H,6-14,17H2,1-5H3,(H,26,30)/b28-18+/t20-,25+/m1/s1. The van der Waals surface area contributed by atoms with Crippen molar-refractivity contribution in [2.45, 2.75) is 52.1 Å². The van der Waals surface area contributed by atoms with Crippen molar-refractivity contribution in [1.29, 1.82) is 0 Å². The van der Waals surface area contributed by atoms with Gasteiger partial charge in [-0.15, -0.1) is 11.8 Å². The van der Waals surface area contributed by atoms with Crippen molar-refractivity contribution in [3.8, 4) is 5.75 Å². The number of hydrogen-bond acceptors (Lipinski definition) is 11. The first-order chi connectivity index (χ1) is 17.8. The minimum atomic E-state index is -0.993. The normalized spacial score (nSPS) is 18.4. The molecule has 1 amide bonds. The molecule has 2 heterocycles. The SMILES string of the molecule is CCC[C@@H](NC(=O)[C@]1(C)CSC(/C(C)=N/OCCOCCOCCOCC)=N1)c1cc(OC)cc(=O)o1. The molecule has 0 fully saturated rings. The van der Waals surface area contributed by atoms with Crippen molar-refractivity contribution in [2.75, 3.05) is 59.1 Å². The first kappa shape index (κ1) is 30.8. The van der Waals surface area contributed by atoms with E-state index in [1.165, 1.54) is 24.9 Å². The van der Waals surface area contributed by atoms with Crippen LogP contribution < -0.4 is 15.7 Å². The second-order valence-corrected chi connectivity index (χ2v) is 9.41. The third-order valence-corrected chi connectivity index (χ3v) is 6.70. The highest BCUT2D eigenvalue weighted by molar-refractivity contribution is 8.16. The van der Waals surface area contributed by atoms with Gasteiger partial charge in [-0.05, 0) is 27.2 Å². The molecule has 1 aliphatic heterocycles. The molecule has 1 aromatic heterocycles. The van der Waals surface area contributed by atoms with Crippen LogP contribution in [0.4, 0.5) is 0 Å². The van der Waals surface area contributed by atoms with Crippen LogP contribution in [0, 0.1) is 0 Å². The Morgan fingerprint density at radius 2 is 1.84 bits per heavy atom. The predicted octanol–water partition coefficient (Wildman–Crippen LogP) is 2.97. The van der Waals surface area contributed by atoms with Crippen molar-refractivity contribution >= 4 is 28.4 Å². The van der Waals surface area contributed by atoms with Gasteiger partial charge in [-0.2, -0.15) is 0 Å². The molecule has 0 saturated carbocycles. The number of methoxy groups -OCH3 is 1. The minimum Gasteiger partial charge on any atom is -0.496 e. The number of aliphatic imine (C=N–C) groups is 1. The molecule has 1 N–H and O–H groups in total. The van der Waals surface area contributed by atoms with Crippen LogP contribution in [0.5, 0.6) is 5.75 Å². The number of oxime groups is 1. The number of hydrogen-bond donors (Lipinski definition) is 1. The molecule has 11 nitrogen and oxygen atoms in total. The van der Waals surface area contributed by atoms with E-state index < -0.39 is 17.2 Å². The van der Waals surface area contributed by atoms with Gasteiger partial charge in [0.1, 0.15) is 34.4 Å². The fourth-order valence-electron chi connectivity index (χ4n) is 3.31. The highest BCUT2D eigenvalue weighted by Gasteiger charge is 2.40. The highest BCUT2D eigenvalue weighted by Crippen LogP contribution is 2.30. The topological polar surface area (TPSA) is 130 Å². The van der Waals surface area contributed by atoms with Gasteiger partial charge >= 0.3 is 5.63 Å². The summed E-state index contributed by atoms with van der Waals surface area (Å²) >= 11 is 1.44. The molecule has 0 unspecified atom stereocenters. The summed E-state index contributed by atoms with van der Waals surface area (Å²) in [7, 11) is 1.47. The molecule has 2 rings (SSSR count). The maximum atomic E-state index is 13.2. The molecule has 37 heavy (non-hydrogen) atoms. The number of carbonyl (C=O) groups excluding carboxylic acids is 1. The summed E-state index contributed by atoms with van der Waals surface area (Å²) in [5.41, 5.74) is -0.937. The van der Waals surface area contributed by atoms with Gasteiger partial charge in [0.05, 0.1) is 52.3 Å². The molecule has 0 spiro atoms. The lowest BCUT2D eigenvalue weighted by atomic mass is 10.0. The molecular formula is C25H39N3O8S. The second kappa shape index (κ2) is 16.4. The summed E-state index contributed by atoms with van der Waals surface area (Å²) in [5.74, 6) is 0.925. The predicted molar refractivity (Wildman–Crippen MR) is 143 cm³/mol. The van der Waals surface area contributed by atoms with Gasteiger partial charge in [-0.3, -0.25) is 9.79 Å². The summed E-state index contributed by atoms with van der Waals surface area (Å²) in [6, 6.07) is 2.40. The van der Waals surface area contributed by atoms with Crippen molar-refractivity contribution in [2.24, 2.45) is 10.1 Å². The van der Waals surface area contributed by atoms with Gasteiger partial charge in [0.15, 0.2) is 0 Å². The molecule has 0 radical (unpaired) electrons. The van der Waals surface area contributed by atoms with Crippen LogP contribution in [0.25, 0.3) is 0 Å². The Bertz CT molecular complexity index is 968. The summed E-state index contributed by atoms with van der Waals surface area (Å²) < 4.78 is 26.5. The number of amides is 1. The maximum absolute atomic E-state index is 13.2. The number of rotatable bonds is 18. The molecule has 0 aromatic carbocycles. The lowest BCUT2D eigenvalue weighted by molar-refractivity contribution is -0.125. The number of carbonyl (C=O) groups is 1. The molecule has 0 aliphatic carbocycles. The second-order valence-electron chi connectivity index (χ2n) is 8.44. The largest absolute Gasteiger partial charge is 0.496 e. The Hall–Kier alpha value is -2.41. The third kappa shape index (κ3) is 10.5. The number of ether oxygens (including phenoxy) is 4. The van der Waals surface area contributed by atoms with E-state index >= 15 is 0 Å². The number of thioether (sulfide) groups is 1. The Morgan fingerprint density at radius 1 is 1.16 bits per heavy atom. The van der Waals surface area contributed by atoms with Crippen molar-refractivity contribution < 1.29 is 33.0 Å². The van der Waals surface area contributed by atoms with Crippen molar-refractivity contribution in [3.05, 3.63) is 28.3 Å². The minimum absolute atomic E-state index is 0.260. The lowest BCUT2D eigenvalue weighted by Crippen LogP contribution is -2.45. The Kier molecular flexibility index (Phi) is 13.7. The van der Waals surface area contributed by atoms with E-state index in [-0.39, 0.29) is 12.5 Å². The zero-order valence-electron chi connectivity index (χ0n) is 22.4. The average Bonchev–Trinajstić information content (AvgIpc) is 3.30. The first-order valence-electron chi connectivity index (χ1n) is 12.5. The van der Waals surface area contributed by atoms with Gasteiger partial charge in [-0.1, -0.05) is 18.5 Å². The van der Waals surface area contributed by atoms with E-state index in [2.05, 4.69) is 15.5 Å². The van der Waals surface area contributed by atoms with Crippen LogP contribution in [-0.2, 0) is 23.8 Å². The third-order valence-electron chi connectivity index (χ3n) is 5.33. The van der Waals surface area contributed by atoms with Crippen molar-refractivity contribution in [3.63, 3.8) is 0 Å². The zero-order chi connectivity index (χ0) is 27.1. The fourth-order valence-corrected chi connectivity index (χ4v) is 4.44. The smallest absolute Gasteiger partial charge is 0.339 e. The van der Waals surface area contributed by atoms with E-state index in [1.54, 1.807) is 19.9 Å².